The maximum atomic E-state index is 12.8. The summed E-state index contributed by atoms with van der Waals surface area (Å²) < 4.78 is 1.60. The van der Waals surface area contributed by atoms with Crippen molar-refractivity contribution >= 4 is 21.6 Å². The third-order valence-corrected chi connectivity index (χ3v) is 4.30. The fourth-order valence-corrected chi connectivity index (χ4v) is 3.38. The van der Waals surface area contributed by atoms with Crippen LogP contribution in [0.3, 0.4) is 0 Å². The van der Waals surface area contributed by atoms with Crippen molar-refractivity contribution in [3.8, 4) is 23.5 Å². The van der Waals surface area contributed by atoms with Crippen LogP contribution in [0.15, 0.2) is 40.5 Å². The molecule has 0 saturated heterocycles. The van der Waals surface area contributed by atoms with E-state index >= 15 is 0 Å². The highest BCUT2D eigenvalue weighted by atomic mass is 32.1. The van der Waals surface area contributed by atoms with Gasteiger partial charge in [0.2, 0.25) is 0 Å². The Labute approximate surface area is 126 Å². The summed E-state index contributed by atoms with van der Waals surface area (Å²) in [4.78, 5) is 18.2. The molecule has 0 saturated carbocycles. The number of fused-ring (bicyclic) bond motifs is 1. The Kier molecular flexibility index (Phi) is 3.59. The van der Waals surface area contributed by atoms with Crippen LogP contribution in [0.4, 0.5) is 0 Å². The summed E-state index contributed by atoms with van der Waals surface area (Å²) in [5.41, 5.74) is 1.91. The molecular weight excluding hydrogens is 280 g/mol. The van der Waals surface area contributed by atoms with Crippen molar-refractivity contribution in [2.75, 3.05) is 0 Å². The van der Waals surface area contributed by atoms with Gasteiger partial charge in [0.15, 0.2) is 0 Å². The molecule has 3 nitrogen and oxygen atoms in total. The van der Waals surface area contributed by atoms with Gasteiger partial charge in [-0.2, -0.15) is 0 Å². The average molecular weight is 294 g/mol. The number of benzene rings is 1. The molecule has 0 radical (unpaired) electrons. The maximum absolute atomic E-state index is 12.8. The van der Waals surface area contributed by atoms with Crippen molar-refractivity contribution in [1.29, 1.82) is 0 Å². The molecule has 0 bridgehead atoms. The number of terminal acetylenes is 1. The quantitative estimate of drug-likeness (QED) is 0.695. The van der Waals surface area contributed by atoms with Gasteiger partial charge in [0, 0.05) is 17.4 Å². The summed E-state index contributed by atoms with van der Waals surface area (Å²) >= 11 is 1.50. The Hall–Kier alpha value is -2.38. The lowest BCUT2D eigenvalue weighted by Gasteiger charge is -2.08. The normalized spacial score (nSPS) is 10.7. The molecule has 21 heavy (non-hydrogen) atoms. The van der Waals surface area contributed by atoms with Crippen molar-refractivity contribution < 1.29 is 0 Å². The number of hydrogen-bond acceptors (Lipinski definition) is 3. The van der Waals surface area contributed by atoms with Crippen molar-refractivity contribution in [3.63, 3.8) is 0 Å². The molecular formula is C17H14N2OS. The molecule has 0 aliphatic heterocycles. The maximum Gasteiger partial charge on any atom is 0.263 e. The van der Waals surface area contributed by atoms with E-state index in [2.05, 4.69) is 10.9 Å². The first-order valence-electron chi connectivity index (χ1n) is 6.76. The monoisotopic (exact) mass is 294 g/mol. The first kappa shape index (κ1) is 13.6. The predicted molar refractivity (Wildman–Crippen MR) is 87.5 cm³/mol. The van der Waals surface area contributed by atoms with Crippen LogP contribution < -0.4 is 5.56 Å². The van der Waals surface area contributed by atoms with E-state index in [9.17, 15) is 4.79 Å². The standard InChI is InChI=1S/C17H14N2OS/c1-3-10-19-14(4-2)18-16-15(17(19)20)13(11-21-16)12-8-6-5-7-9-12/h1,5-9,11H,4,10H2,2H3. The van der Waals surface area contributed by atoms with Gasteiger partial charge < -0.3 is 0 Å². The highest BCUT2D eigenvalue weighted by molar-refractivity contribution is 7.17. The van der Waals surface area contributed by atoms with Crippen LogP contribution in [0, 0.1) is 12.3 Å². The van der Waals surface area contributed by atoms with Crippen LogP contribution in [-0.4, -0.2) is 9.55 Å². The van der Waals surface area contributed by atoms with Crippen LogP contribution in [0.2, 0.25) is 0 Å². The molecule has 0 fully saturated rings. The molecule has 0 unspecified atom stereocenters. The van der Waals surface area contributed by atoms with Gasteiger partial charge in [-0.05, 0) is 5.56 Å². The van der Waals surface area contributed by atoms with E-state index in [1.807, 2.05) is 42.6 Å². The van der Waals surface area contributed by atoms with Gasteiger partial charge in [-0.25, -0.2) is 4.98 Å². The zero-order chi connectivity index (χ0) is 14.8. The Morgan fingerprint density at radius 2 is 2.10 bits per heavy atom. The third kappa shape index (κ3) is 2.26. The zero-order valence-corrected chi connectivity index (χ0v) is 12.5. The first-order valence-corrected chi connectivity index (χ1v) is 7.64. The van der Waals surface area contributed by atoms with E-state index in [-0.39, 0.29) is 12.1 Å². The van der Waals surface area contributed by atoms with Crippen molar-refractivity contribution in [2.24, 2.45) is 0 Å². The number of aryl methyl sites for hydroxylation is 1. The summed E-state index contributed by atoms with van der Waals surface area (Å²) in [6.45, 7) is 2.24. The summed E-state index contributed by atoms with van der Waals surface area (Å²) in [5, 5.41) is 2.66. The Balaban J connectivity index is 2.34. The van der Waals surface area contributed by atoms with Gasteiger partial charge in [-0.1, -0.05) is 43.2 Å². The molecule has 0 aliphatic carbocycles. The number of hydrogen-bond donors (Lipinski definition) is 0. The average Bonchev–Trinajstić information content (AvgIpc) is 2.95. The summed E-state index contributed by atoms with van der Waals surface area (Å²) in [5.74, 6) is 3.28. The Bertz CT molecular complexity index is 885. The minimum atomic E-state index is -0.0464. The Morgan fingerprint density at radius 3 is 2.76 bits per heavy atom. The molecule has 0 amide bonds. The first-order chi connectivity index (χ1) is 10.3. The van der Waals surface area contributed by atoms with Crippen molar-refractivity contribution in [3.05, 3.63) is 51.9 Å². The molecule has 3 aromatic rings. The number of rotatable bonds is 3. The van der Waals surface area contributed by atoms with E-state index in [1.165, 1.54) is 11.3 Å². The molecule has 2 heterocycles. The van der Waals surface area contributed by atoms with Crippen LogP contribution >= 0.6 is 11.3 Å². The fourth-order valence-electron chi connectivity index (χ4n) is 2.42. The largest absolute Gasteiger partial charge is 0.284 e. The highest BCUT2D eigenvalue weighted by Gasteiger charge is 2.15. The third-order valence-electron chi connectivity index (χ3n) is 3.42. The summed E-state index contributed by atoms with van der Waals surface area (Å²) in [6.07, 6.45) is 6.07. The minimum Gasteiger partial charge on any atom is -0.284 e. The Morgan fingerprint density at radius 1 is 1.33 bits per heavy atom. The molecule has 0 atom stereocenters. The second kappa shape index (κ2) is 5.55. The van der Waals surface area contributed by atoms with Crippen molar-refractivity contribution in [1.82, 2.24) is 9.55 Å². The molecule has 0 N–H and O–H groups in total. The van der Waals surface area contributed by atoms with Crippen LogP contribution in [0.1, 0.15) is 12.7 Å². The SMILES string of the molecule is C#CCn1c(CC)nc2scc(-c3ccccc3)c2c1=O. The molecule has 3 rings (SSSR count). The summed E-state index contributed by atoms with van der Waals surface area (Å²) in [7, 11) is 0. The van der Waals surface area contributed by atoms with Crippen LogP contribution in [0.25, 0.3) is 21.3 Å². The van der Waals surface area contributed by atoms with Gasteiger partial charge in [-0.3, -0.25) is 9.36 Å². The van der Waals surface area contributed by atoms with Crippen molar-refractivity contribution in [2.45, 2.75) is 19.9 Å². The second-order valence-corrected chi connectivity index (χ2v) is 5.53. The molecule has 104 valence electrons. The van der Waals surface area contributed by atoms with E-state index in [0.29, 0.717) is 11.8 Å². The fraction of sp³-hybridized carbons (Fsp3) is 0.176. The predicted octanol–water partition coefficient (Wildman–Crippen LogP) is 3.32. The number of aromatic nitrogens is 2. The number of thiophene rings is 1. The van der Waals surface area contributed by atoms with E-state index < -0.39 is 0 Å². The van der Waals surface area contributed by atoms with E-state index in [1.54, 1.807) is 4.57 Å². The lowest BCUT2D eigenvalue weighted by molar-refractivity contribution is 0.712. The molecule has 1 aromatic carbocycles. The van der Waals surface area contributed by atoms with E-state index in [4.69, 9.17) is 6.42 Å². The zero-order valence-electron chi connectivity index (χ0n) is 11.7. The highest BCUT2D eigenvalue weighted by Crippen LogP contribution is 2.30. The smallest absolute Gasteiger partial charge is 0.263 e. The van der Waals surface area contributed by atoms with Crippen LogP contribution in [-0.2, 0) is 13.0 Å². The van der Waals surface area contributed by atoms with Gasteiger partial charge in [0.1, 0.15) is 10.7 Å². The lowest BCUT2D eigenvalue weighted by Crippen LogP contribution is -2.24. The van der Waals surface area contributed by atoms with E-state index in [0.717, 1.165) is 21.8 Å². The van der Waals surface area contributed by atoms with Crippen LogP contribution in [0.5, 0.6) is 0 Å². The lowest BCUT2D eigenvalue weighted by atomic mass is 10.1. The molecule has 0 spiro atoms. The van der Waals surface area contributed by atoms with Gasteiger partial charge in [0.05, 0.1) is 11.9 Å². The topological polar surface area (TPSA) is 34.9 Å². The molecule has 2 aromatic heterocycles. The molecule has 0 aliphatic rings. The molecule has 4 heteroatoms. The van der Waals surface area contributed by atoms with Gasteiger partial charge in [-0.15, -0.1) is 17.8 Å². The van der Waals surface area contributed by atoms with Gasteiger partial charge in [0.25, 0.3) is 5.56 Å². The minimum absolute atomic E-state index is 0.0464. The summed E-state index contributed by atoms with van der Waals surface area (Å²) in [6, 6.07) is 9.89. The number of nitrogens with zero attached hydrogens (tertiary/aromatic N) is 2. The second-order valence-electron chi connectivity index (χ2n) is 4.67. The van der Waals surface area contributed by atoms with Gasteiger partial charge >= 0.3 is 0 Å².